The van der Waals surface area contributed by atoms with Crippen LogP contribution in [-0.4, -0.2) is 24.5 Å². The topological polar surface area (TPSA) is 54.1 Å². The molecule has 1 aliphatic rings. The number of aromatic nitrogens is 1. The summed E-state index contributed by atoms with van der Waals surface area (Å²) in [5.41, 5.74) is 2.69. The Hall–Kier alpha value is -1.97. The van der Waals surface area contributed by atoms with Gasteiger partial charge in [-0.05, 0) is 43.9 Å². The van der Waals surface area contributed by atoms with E-state index in [-0.39, 0.29) is 5.91 Å². The van der Waals surface area contributed by atoms with Crippen LogP contribution in [0.4, 0.5) is 0 Å². The molecule has 1 fully saturated rings. The summed E-state index contributed by atoms with van der Waals surface area (Å²) in [4.78, 5) is 15.6. The molecule has 3 rings (SSSR count). The SMILES string of the molecule is CCOc1c[c]cc2[nH]c(C3CC3)c(C(=O)NC)c12. The normalized spacial score (nSPS) is 14.6. The Bertz CT molecular complexity index is 626. The third-order valence-corrected chi connectivity index (χ3v) is 3.49. The van der Waals surface area contributed by atoms with Gasteiger partial charge < -0.3 is 15.0 Å². The lowest BCUT2D eigenvalue weighted by atomic mass is 10.1. The molecule has 4 nitrogen and oxygen atoms in total. The molecule has 4 heteroatoms. The number of hydrogen-bond acceptors (Lipinski definition) is 2. The highest BCUT2D eigenvalue weighted by Gasteiger charge is 2.32. The van der Waals surface area contributed by atoms with Crippen molar-refractivity contribution in [3.63, 3.8) is 0 Å². The van der Waals surface area contributed by atoms with E-state index in [4.69, 9.17) is 4.74 Å². The van der Waals surface area contributed by atoms with Gasteiger partial charge in [0.2, 0.25) is 0 Å². The highest BCUT2D eigenvalue weighted by atomic mass is 16.5. The zero-order chi connectivity index (χ0) is 13.4. The van der Waals surface area contributed by atoms with Crippen molar-refractivity contribution < 1.29 is 9.53 Å². The van der Waals surface area contributed by atoms with Gasteiger partial charge in [-0.2, -0.15) is 0 Å². The minimum Gasteiger partial charge on any atom is -0.493 e. The standard InChI is InChI=1S/C15H17N2O2/c1-3-19-11-6-4-5-10-12(11)13(15(18)16-2)14(17-10)9-7-8-9/h5-6,9,17H,3,7-8H2,1-2H3,(H,16,18). The molecule has 1 aromatic heterocycles. The van der Waals surface area contributed by atoms with Crippen LogP contribution >= 0.6 is 0 Å². The van der Waals surface area contributed by atoms with Crippen LogP contribution < -0.4 is 10.1 Å². The third-order valence-electron chi connectivity index (χ3n) is 3.49. The molecule has 1 radical (unpaired) electrons. The average molecular weight is 257 g/mol. The molecule has 2 N–H and O–H groups in total. The highest BCUT2D eigenvalue weighted by molar-refractivity contribution is 6.10. The highest BCUT2D eigenvalue weighted by Crippen LogP contribution is 2.44. The van der Waals surface area contributed by atoms with Gasteiger partial charge in [0, 0.05) is 12.7 Å². The maximum absolute atomic E-state index is 12.2. The summed E-state index contributed by atoms with van der Waals surface area (Å²) >= 11 is 0. The van der Waals surface area contributed by atoms with Gasteiger partial charge in [0.1, 0.15) is 5.75 Å². The van der Waals surface area contributed by atoms with Gasteiger partial charge >= 0.3 is 0 Å². The largest absolute Gasteiger partial charge is 0.493 e. The molecule has 0 saturated heterocycles. The molecule has 0 unspecified atom stereocenters. The first-order valence-electron chi connectivity index (χ1n) is 6.66. The second kappa shape index (κ2) is 4.61. The van der Waals surface area contributed by atoms with Gasteiger partial charge in [0.15, 0.2) is 0 Å². The van der Waals surface area contributed by atoms with Gasteiger partial charge in [0.25, 0.3) is 5.91 Å². The Morgan fingerprint density at radius 2 is 2.32 bits per heavy atom. The maximum atomic E-state index is 12.2. The molecule has 1 heterocycles. The van der Waals surface area contributed by atoms with E-state index in [9.17, 15) is 4.79 Å². The van der Waals surface area contributed by atoms with E-state index in [1.807, 2.05) is 13.0 Å². The Balaban J connectivity index is 2.26. The molecule has 0 spiro atoms. The molecule has 0 bridgehead atoms. The van der Waals surface area contributed by atoms with E-state index in [1.165, 1.54) is 0 Å². The second-order valence-corrected chi connectivity index (χ2v) is 4.81. The number of rotatable bonds is 4. The minimum absolute atomic E-state index is 0.0553. The van der Waals surface area contributed by atoms with Gasteiger partial charge in [-0.25, -0.2) is 0 Å². The summed E-state index contributed by atoms with van der Waals surface area (Å²) < 4.78 is 5.64. The van der Waals surface area contributed by atoms with Gasteiger partial charge in [-0.15, -0.1) is 0 Å². The number of carbonyl (C=O) groups is 1. The molecule has 1 aromatic carbocycles. The average Bonchev–Trinajstić information content (AvgIpc) is 3.19. The lowest BCUT2D eigenvalue weighted by molar-refractivity contribution is 0.0963. The fourth-order valence-corrected chi connectivity index (χ4v) is 2.48. The van der Waals surface area contributed by atoms with Crippen molar-refractivity contribution in [2.45, 2.75) is 25.7 Å². The van der Waals surface area contributed by atoms with Crippen LogP contribution in [0.5, 0.6) is 5.75 Å². The predicted molar refractivity (Wildman–Crippen MR) is 73.7 cm³/mol. The molecular weight excluding hydrogens is 240 g/mol. The molecule has 1 saturated carbocycles. The number of aromatic amines is 1. The first kappa shape index (κ1) is 12.1. The minimum atomic E-state index is -0.0553. The van der Waals surface area contributed by atoms with Crippen molar-refractivity contribution >= 4 is 16.8 Å². The number of ether oxygens (including phenoxy) is 1. The van der Waals surface area contributed by atoms with E-state index in [1.54, 1.807) is 13.1 Å². The summed E-state index contributed by atoms with van der Waals surface area (Å²) in [6, 6.07) is 6.72. The van der Waals surface area contributed by atoms with Gasteiger partial charge in [-0.1, -0.05) is 0 Å². The van der Waals surface area contributed by atoms with E-state index >= 15 is 0 Å². The number of hydrogen-bond donors (Lipinski definition) is 2. The maximum Gasteiger partial charge on any atom is 0.253 e. The number of H-pyrrole nitrogens is 1. The van der Waals surface area contributed by atoms with E-state index in [0.29, 0.717) is 12.5 Å². The van der Waals surface area contributed by atoms with Crippen LogP contribution in [0.25, 0.3) is 10.9 Å². The Kier molecular flexibility index (Phi) is 2.93. The third kappa shape index (κ3) is 1.97. The van der Waals surface area contributed by atoms with E-state index < -0.39 is 0 Å². The van der Waals surface area contributed by atoms with Gasteiger partial charge in [0.05, 0.1) is 23.1 Å². The van der Waals surface area contributed by atoms with Gasteiger partial charge in [-0.3, -0.25) is 4.79 Å². The molecule has 99 valence electrons. The summed E-state index contributed by atoms with van der Waals surface area (Å²) in [5.74, 6) is 1.15. The fraction of sp³-hybridized carbons (Fsp3) is 0.400. The first-order chi connectivity index (χ1) is 9.26. The zero-order valence-corrected chi connectivity index (χ0v) is 11.2. The van der Waals surface area contributed by atoms with E-state index in [0.717, 1.165) is 40.8 Å². The summed E-state index contributed by atoms with van der Waals surface area (Å²) in [6.45, 7) is 2.51. The monoisotopic (exact) mass is 257 g/mol. The Morgan fingerprint density at radius 3 is 2.95 bits per heavy atom. The smallest absolute Gasteiger partial charge is 0.253 e. The fourth-order valence-electron chi connectivity index (χ4n) is 2.48. The van der Waals surface area contributed by atoms with Crippen molar-refractivity contribution in [3.05, 3.63) is 29.5 Å². The van der Waals surface area contributed by atoms with Crippen LogP contribution in [0.15, 0.2) is 12.1 Å². The molecule has 1 amide bonds. The van der Waals surface area contributed by atoms with Crippen LogP contribution in [0, 0.1) is 6.07 Å². The quantitative estimate of drug-likeness (QED) is 0.884. The summed E-state index contributed by atoms with van der Waals surface area (Å²) in [5, 5.41) is 3.60. The lowest BCUT2D eigenvalue weighted by Crippen LogP contribution is -2.19. The summed E-state index contributed by atoms with van der Waals surface area (Å²) in [6.07, 6.45) is 2.29. The molecule has 0 aliphatic heterocycles. The van der Waals surface area contributed by atoms with Crippen molar-refractivity contribution in [2.75, 3.05) is 13.7 Å². The molecule has 1 aliphatic carbocycles. The van der Waals surface area contributed by atoms with Crippen molar-refractivity contribution in [3.8, 4) is 5.75 Å². The van der Waals surface area contributed by atoms with Crippen LogP contribution in [-0.2, 0) is 0 Å². The summed E-state index contributed by atoms with van der Waals surface area (Å²) in [7, 11) is 1.66. The zero-order valence-electron chi connectivity index (χ0n) is 11.2. The van der Waals surface area contributed by atoms with Crippen LogP contribution in [0.2, 0.25) is 0 Å². The number of benzene rings is 1. The number of amides is 1. The lowest BCUT2D eigenvalue weighted by Gasteiger charge is -2.07. The molecule has 2 aromatic rings. The van der Waals surface area contributed by atoms with E-state index in [2.05, 4.69) is 16.4 Å². The van der Waals surface area contributed by atoms with Crippen LogP contribution in [0.1, 0.15) is 41.7 Å². The first-order valence-corrected chi connectivity index (χ1v) is 6.66. The van der Waals surface area contributed by atoms with Crippen molar-refractivity contribution in [2.24, 2.45) is 0 Å². The number of fused-ring (bicyclic) bond motifs is 1. The second-order valence-electron chi connectivity index (χ2n) is 4.81. The Labute approximate surface area is 112 Å². The van der Waals surface area contributed by atoms with Crippen molar-refractivity contribution in [1.29, 1.82) is 0 Å². The van der Waals surface area contributed by atoms with Crippen LogP contribution in [0.3, 0.4) is 0 Å². The molecular formula is C15H17N2O2. The molecule has 0 atom stereocenters. The van der Waals surface area contributed by atoms with Crippen molar-refractivity contribution in [1.82, 2.24) is 10.3 Å². The predicted octanol–water partition coefficient (Wildman–Crippen LogP) is 2.60. The number of carbonyl (C=O) groups excluding carboxylic acids is 1. The molecule has 19 heavy (non-hydrogen) atoms. The number of nitrogens with one attached hydrogen (secondary N) is 2. The Morgan fingerprint density at radius 1 is 1.53 bits per heavy atom.